The molecule has 30 heavy (non-hydrogen) atoms. The first kappa shape index (κ1) is 19.7. The molecule has 2 aromatic carbocycles. The Morgan fingerprint density at radius 2 is 1.73 bits per heavy atom. The van der Waals surface area contributed by atoms with Gasteiger partial charge in [-0.05, 0) is 47.3 Å². The summed E-state index contributed by atoms with van der Waals surface area (Å²) >= 11 is 0. The van der Waals surface area contributed by atoms with Crippen LogP contribution in [-0.4, -0.2) is 75.0 Å². The van der Waals surface area contributed by atoms with Crippen molar-refractivity contribution in [2.45, 2.75) is 6.54 Å². The van der Waals surface area contributed by atoms with Gasteiger partial charge < -0.3 is 15.1 Å². The molecule has 1 fully saturated rings. The molecule has 1 aliphatic rings. The summed E-state index contributed by atoms with van der Waals surface area (Å²) in [6.07, 6.45) is 1.45. The van der Waals surface area contributed by atoms with Gasteiger partial charge in [0.2, 0.25) is 0 Å². The SMILES string of the molecule is CN1CCN(C(=O)c2ccc(CNC(=O)c3ccccc3-n3cnnn3)cc2)CC1. The molecule has 9 heteroatoms. The summed E-state index contributed by atoms with van der Waals surface area (Å²) in [5.41, 5.74) is 2.66. The van der Waals surface area contributed by atoms with Crippen LogP contribution in [0.5, 0.6) is 0 Å². The van der Waals surface area contributed by atoms with Crippen LogP contribution in [-0.2, 0) is 6.54 Å². The Morgan fingerprint density at radius 1 is 1.00 bits per heavy atom. The van der Waals surface area contributed by atoms with Gasteiger partial charge in [0.05, 0.1) is 11.3 Å². The monoisotopic (exact) mass is 405 g/mol. The number of amides is 2. The van der Waals surface area contributed by atoms with Crippen molar-refractivity contribution < 1.29 is 9.59 Å². The summed E-state index contributed by atoms with van der Waals surface area (Å²) in [6.45, 7) is 3.62. The maximum Gasteiger partial charge on any atom is 0.253 e. The summed E-state index contributed by atoms with van der Waals surface area (Å²) < 4.78 is 1.45. The first-order valence-electron chi connectivity index (χ1n) is 9.79. The first-order valence-corrected chi connectivity index (χ1v) is 9.79. The number of likely N-dealkylation sites (N-methyl/N-ethyl adjacent to an activating group) is 1. The van der Waals surface area contributed by atoms with Crippen molar-refractivity contribution in [3.05, 3.63) is 71.5 Å². The average Bonchev–Trinajstić information content (AvgIpc) is 3.33. The summed E-state index contributed by atoms with van der Waals surface area (Å²) in [5, 5.41) is 14.0. The van der Waals surface area contributed by atoms with E-state index in [1.165, 1.54) is 11.0 Å². The van der Waals surface area contributed by atoms with E-state index in [9.17, 15) is 9.59 Å². The minimum Gasteiger partial charge on any atom is -0.348 e. The van der Waals surface area contributed by atoms with Crippen molar-refractivity contribution >= 4 is 11.8 Å². The van der Waals surface area contributed by atoms with E-state index in [1.807, 2.05) is 35.2 Å². The molecule has 0 saturated carbocycles. The normalized spacial score (nSPS) is 14.5. The van der Waals surface area contributed by atoms with Crippen LogP contribution < -0.4 is 5.32 Å². The van der Waals surface area contributed by atoms with Gasteiger partial charge in [-0.25, -0.2) is 0 Å². The number of piperazine rings is 1. The number of rotatable bonds is 5. The summed E-state index contributed by atoms with van der Waals surface area (Å²) in [7, 11) is 2.06. The van der Waals surface area contributed by atoms with Crippen LogP contribution >= 0.6 is 0 Å². The molecule has 0 spiro atoms. The van der Waals surface area contributed by atoms with Crippen LogP contribution in [0.3, 0.4) is 0 Å². The Hall–Kier alpha value is -3.59. The Labute approximate surface area is 174 Å². The van der Waals surface area contributed by atoms with Gasteiger partial charge in [0, 0.05) is 38.3 Å². The predicted octanol–water partition coefficient (Wildman–Crippen LogP) is 0.980. The average molecular weight is 405 g/mol. The van der Waals surface area contributed by atoms with E-state index in [4.69, 9.17) is 0 Å². The molecule has 1 aromatic heterocycles. The summed E-state index contributed by atoms with van der Waals surface area (Å²) in [4.78, 5) is 29.4. The minimum atomic E-state index is -0.223. The molecule has 1 aliphatic heterocycles. The number of para-hydroxylation sites is 1. The van der Waals surface area contributed by atoms with Gasteiger partial charge in [0.15, 0.2) is 0 Å². The molecule has 1 N–H and O–H groups in total. The molecule has 9 nitrogen and oxygen atoms in total. The third-order valence-corrected chi connectivity index (χ3v) is 5.19. The molecule has 0 unspecified atom stereocenters. The van der Waals surface area contributed by atoms with E-state index in [-0.39, 0.29) is 11.8 Å². The largest absolute Gasteiger partial charge is 0.348 e. The number of nitrogens with zero attached hydrogens (tertiary/aromatic N) is 6. The van der Waals surface area contributed by atoms with Crippen LogP contribution in [0.15, 0.2) is 54.9 Å². The molecule has 4 rings (SSSR count). The zero-order valence-corrected chi connectivity index (χ0v) is 16.7. The zero-order chi connectivity index (χ0) is 20.9. The van der Waals surface area contributed by atoms with E-state index in [2.05, 4.69) is 32.8 Å². The van der Waals surface area contributed by atoms with Crippen LogP contribution in [0.2, 0.25) is 0 Å². The molecule has 154 valence electrons. The molecule has 2 amide bonds. The maximum atomic E-state index is 12.7. The van der Waals surface area contributed by atoms with Crippen LogP contribution in [0, 0.1) is 0 Å². The topological polar surface area (TPSA) is 96.2 Å². The second kappa shape index (κ2) is 8.83. The van der Waals surface area contributed by atoms with E-state index in [1.54, 1.807) is 18.2 Å². The van der Waals surface area contributed by atoms with Crippen molar-refractivity contribution in [1.82, 2.24) is 35.3 Å². The van der Waals surface area contributed by atoms with Crippen molar-refractivity contribution in [3.8, 4) is 5.69 Å². The number of carbonyl (C=O) groups is 2. The highest BCUT2D eigenvalue weighted by Gasteiger charge is 2.20. The summed E-state index contributed by atoms with van der Waals surface area (Å²) in [6, 6.07) is 14.5. The van der Waals surface area contributed by atoms with Crippen LogP contribution in [0.1, 0.15) is 26.3 Å². The molecular weight excluding hydrogens is 382 g/mol. The lowest BCUT2D eigenvalue weighted by atomic mass is 10.1. The highest BCUT2D eigenvalue weighted by Crippen LogP contribution is 2.14. The number of hydrogen-bond acceptors (Lipinski definition) is 6. The van der Waals surface area contributed by atoms with Crippen molar-refractivity contribution in [3.63, 3.8) is 0 Å². The number of hydrogen-bond donors (Lipinski definition) is 1. The third-order valence-electron chi connectivity index (χ3n) is 5.19. The lowest BCUT2D eigenvalue weighted by Crippen LogP contribution is -2.47. The molecule has 0 bridgehead atoms. The fraction of sp³-hybridized carbons (Fsp3) is 0.286. The first-order chi connectivity index (χ1) is 14.6. The Kier molecular flexibility index (Phi) is 5.80. The lowest BCUT2D eigenvalue weighted by Gasteiger charge is -2.32. The van der Waals surface area contributed by atoms with Crippen molar-refractivity contribution in [1.29, 1.82) is 0 Å². The van der Waals surface area contributed by atoms with Gasteiger partial charge in [0.25, 0.3) is 11.8 Å². The van der Waals surface area contributed by atoms with E-state index >= 15 is 0 Å². The van der Waals surface area contributed by atoms with Crippen molar-refractivity contribution in [2.24, 2.45) is 0 Å². The lowest BCUT2D eigenvalue weighted by molar-refractivity contribution is 0.0664. The number of aromatic nitrogens is 4. The van der Waals surface area contributed by atoms with Gasteiger partial charge in [-0.1, -0.05) is 24.3 Å². The van der Waals surface area contributed by atoms with Crippen LogP contribution in [0.4, 0.5) is 0 Å². The minimum absolute atomic E-state index is 0.0501. The molecule has 0 atom stereocenters. The molecule has 0 radical (unpaired) electrons. The predicted molar refractivity (Wildman–Crippen MR) is 110 cm³/mol. The second-order valence-corrected chi connectivity index (χ2v) is 7.25. The third kappa shape index (κ3) is 4.36. The van der Waals surface area contributed by atoms with E-state index in [0.29, 0.717) is 23.4 Å². The molecular formula is C21H23N7O2. The number of benzene rings is 2. The highest BCUT2D eigenvalue weighted by molar-refractivity contribution is 5.97. The van der Waals surface area contributed by atoms with E-state index in [0.717, 1.165) is 31.7 Å². The smallest absolute Gasteiger partial charge is 0.253 e. The Balaban J connectivity index is 1.38. The number of nitrogens with one attached hydrogen (secondary N) is 1. The zero-order valence-electron chi connectivity index (χ0n) is 16.7. The van der Waals surface area contributed by atoms with Gasteiger partial charge in [0.1, 0.15) is 6.33 Å². The van der Waals surface area contributed by atoms with E-state index < -0.39 is 0 Å². The Morgan fingerprint density at radius 3 is 2.43 bits per heavy atom. The fourth-order valence-electron chi connectivity index (χ4n) is 3.37. The fourth-order valence-corrected chi connectivity index (χ4v) is 3.37. The molecule has 0 aliphatic carbocycles. The standard InChI is InChI=1S/C21H23N7O2/c1-26-10-12-27(13-11-26)21(30)17-8-6-16(7-9-17)14-22-20(29)18-4-2-3-5-19(18)28-15-23-24-25-28/h2-9,15H,10-14H2,1H3,(H,22,29). The van der Waals surface area contributed by atoms with Gasteiger partial charge in [-0.3, -0.25) is 9.59 Å². The molecule has 2 heterocycles. The summed E-state index contributed by atoms with van der Waals surface area (Å²) in [5.74, 6) is -0.173. The molecule has 1 saturated heterocycles. The van der Waals surface area contributed by atoms with Gasteiger partial charge in [-0.2, -0.15) is 4.68 Å². The molecule has 3 aromatic rings. The van der Waals surface area contributed by atoms with Crippen LogP contribution in [0.25, 0.3) is 5.69 Å². The van der Waals surface area contributed by atoms with Gasteiger partial charge in [-0.15, -0.1) is 5.10 Å². The highest BCUT2D eigenvalue weighted by atomic mass is 16.2. The second-order valence-electron chi connectivity index (χ2n) is 7.25. The quantitative estimate of drug-likeness (QED) is 0.680. The van der Waals surface area contributed by atoms with Gasteiger partial charge >= 0.3 is 0 Å². The van der Waals surface area contributed by atoms with Crippen molar-refractivity contribution in [2.75, 3.05) is 33.2 Å². The Bertz CT molecular complexity index is 1010. The number of carbonyl (C=O) groups excluding carboxylic acids is 2. The maximum absolute atomic E-state index is 12.7. The number of tetrazole rings is 1.